The van der Waals surface area contributed by atoms with Gasteiger partial charge in [0.15, 0.2) is 5.82 Å². The number of fused-ring (bicyclic) bond motifs is 1. The molecule has 13 heavy (non-hydrogen) atoms. The van der Waals surface area contributed by atoms with Crippen molar-refractivity contribution in [3.8, 4) is 0 Å². The molecule has 2 heterocycles. The van der Waals surface area contributed by atoms with E-state index >= 15 is 0 Å². The van der Waals surface area contributed by atoms with Crippen molar-refractivity contribution in [3.05, 3.63) is 30.4 Å². The summed E-state index contributed by atoms with van der Waals surface area (Å²) in [7, 11) is 0. The van der Waals surface area contributed by atoms with Crippen LogP contribution in [0.15, 0.2) is 24.5 Å². The Bertz CT molecular complexity index is 430. The highest BCUT2D eigenvalue weighted by molar-refractivity contribution is 5.72. The Kier molecular flexibility index (Phi) is 1.84. The Morgan fingerprint density at radius 3 is 2.77 bits per heavy atom. The van der Waals surface area contributed by atoms with Crippen molar-refractivity contribution in [2.24, 2.45) is 0 Å². The van der Waals surface area contributed by atoms with Crippen molar-refractivity contribution in [2.45, 2.75) is 6.43 Å². The van der Waals surface area contributed by atoms with Gasteiger partial charge in [0.05, 0.1) is 11.7 Å². The molecule has 0 aliphatic carbocycles. The van der Waals surface area contributed by atoms with Crippen molar-refractivity contribution in [3.63, 3.8) is 0 Å². The second kappa shape index (κ2) is 3.01. The van der Waals surface area contributed by atoms with Gasteiger partial charge in [-0.15, -0.1) is 0 Å². The Morgan fingerprint density at radius 2 is 2.00 bits per heavy atom. The van der Waals surface area contributed by atoms with Crippen LogP contribution < -0.4 is 0 Å². The maximum Gasteiger partial charge on any atom is 0.297 e. The molecule has 0 N–H and O–H groups in total. The van der Waals surface area contributed by atoms with Crippen LogP contribution in [0.4, 0.5) is 8.78 Å². The lowest BCUT2D eigenvalue weighted by molar-refractivity contribution is 0.141. The van der Waals surface area contributed by atoms with E-state index in [-0.39, 0.29) is 0 Å². The molecule has 3 nitrogen and oxygen atoms in total. The molecule has 0 saturated heterocycles. The Balaban J connectivity index is 2.62. The SMILES string of the molecule is FC(F)c1ncc2ncccc2n1. The molecule has 2 rings (SSSR count). The predicted octanol–water partition coefficient (Wildman–Crippen LogP) is 1.96. The first kappa shape index (κ1) is 7.97. The number of rotatable bonds is 1. The molecule has 0 spiro atoms. The second-order valence-corrected chi connectivity index (χ2v) is 2.44. The summed E-state index contributed by atoms with van der Waals surface area (Å²) in [6, 6.07) is 3.26. The van der Waals surface area contributed by atoms with Gasteiger partial charge in [0.1, 0.15) is 5.52 Å². The van der Waals surface area contributed by atoms with E-state index in [1.54, 1.807) is 18.3 Å². The molecule has 0 aliphatic rings. The van der Waals surface area contributed by atoms with Crippen LogP contribution in [0.3, 0.4) is 0 Å². The first-order valence-corrected chi connectivity index (χ1v) is 3.63. The molecule has 0 saturated carbocycles. The highest BCUT2D eigenvalue weighted by atomic mass is 19.3. The minimum absolute atomic E-state index is 0.438. The van der Waals surface area contributed by atoms with Crippen LogP contribution in [0, 0.1) is 0 Å². The Hall–Kier alpha value is -1.65. The first-order chi connectivity index (χ1) is 6.27. The molecular formula is C8H5F2N3. The van der Waals surface area contributed by atoms with Crippen LogP contribution in [0.5, 0.6) is 0 Å². The minimum atomic E-state index is -2.63. The van der Waals surface area contributed by atoms with Crippen LogP contribution in [0.1, 0.15) is 12.2 Å². The summed E-state index contributed by atoms with van der Waals surface area (Å²) in [5.74, 6) is -0.458. The van der Waals surface area contributed by atoms with Gasteiger partial charge in [-0.1, -0.05) is 0 Å². The number of aromatic nitrogens is 3. The van der Waals surface area contributed by atoms with Crippen LogP contribution in [0.25, 0.3) is 11.0 Å². The van der Waals surface area contributed by atoms with Gasteiger partial charge in [0.2, 0.25) is 0 Å². The zero-order chi connectivity index (χ0) is 9.26. The first-order valence-electron chi connectivity index (χ1n) is 3.63. The van der Waals surface area contributed by atoms with E-state index < -0.39 is 12.2 Å². The lowest BCUT2D eigenvalue weighted by Crippen LogP contribution is -1.95. The quantitative estimate of drug-likeness (QED) is 0.675. The normalized spacial score (nSPS) is 11.0. The van der Waals surface area contributed by atoms with Gasteiger partial charge in [-0.3, -0.25) is 4.98 Å². The van der Waals surface area contributed by atoms with Crippen molar-refractivity contribution in [1.29, 1.82) is 0 Å². The average Bonchev–Trinajstić information content (AvgIpc) is 2.17. The number of pyridine rings is 1. The summed E-state index contributed by atoms with van der Waals surface area (Å²) in [5.41, 5.74) is 0.958. The molecule has 0 aromatic carbocycles. The number of halogens is 2. The molecule has 5 heteroatoms. The zero-order valence-corrected chi connectivity index (χ0v) is 6.48. The summed E-state index contributed by atoms with van der Waals surface area (Å²) < 4.78 is 24.3. The van der Waals surface area contributed by atoms with E-state index in [9.17, 15) is 8.78 Å². The molecule has 0 bridgehead atoms. The summed E-state index contributed by atoms with van der Waals surface area (Å²) in [4.78, 5) is 11.0. The van der Waals surface area contributed by atoms with Gasteiger partial charge in [-0.25, -0.2) is 18.7 Å². The lowest BCUT2D eigenvalue weighted by Gasteiger charge is -1.98. The summed E-state index contributed by atoms with van der Waals surface area (Å²) >= 11 is 0. The smallest absolute Gasteiger partial charge is 0.253 e. The highest BCUT2D eigenvalue weighted by Crippen LogP contribution is 2.15. The van der Waals surface area contributed by atoms with Gasteiger partial charge < -0.3 is 0 Å². The molecule has 0 unspecified atom stereocenters. The van der Waals surface area contributed by atoms with E-state index in [1.165, 1.54) is 6.20 Å². The van der Waals surface area contributed by atoms with Crippen molar-refractivity contribution >= 4 is 11.0 Å². The minimum Gasteiger partial charge on any atom is -0.253 e. The topological polar surface area (TPSA) is 38.7 Å². The largest absolute Gasteiger partial charge is 0.297 e. The third kappa shape index (κ3) is 1.44. The molecular weight excluding hydrogens is 176 g/mol. The Labute approximate surface area is 72.5 Å². The number of hydrogen-bond donors (Lipinski definition) is 0. The van der Waals surface area contributed by atoms with Crippen molar-refractivity contribution < 1.29 is 8.78 Å². The summed E-state index contributed by atoms with van der Waals surface area (Å²) in [5, 5.41) is 0. The fourth-order valence-corrected chi connectivity index (χ4v) is 0.988. The van der Waals surface area contributed by atoms with Crippen LogP contribution in [0.2, 0.25) is 0 Å². The van der Waals surface area contributed by atoms with E-state index in [2.05, 4.69) is 15.0 Å². The summed E-state index contributed by atoms with van der Waals surface area (Å²) in [6.07, 6.45) is 0.224. The van der Waals surface area contributed by atoms with Gasteiger partial charge in [-0.05, 0) is 12.1 Å². The van der Waals surface area contributed by atoms with Crippen LogP contribution in [-0.2, 0) is 0 Å². The van der Waals surface area contributed by atoms with E-state index in [0.29, 0.717) is 11.0 Å². The molecule has 2 aromatic rings. The average molecular weight is 181 g/mol. The standard InChI is InChI=1S/C8H5F2N3/c9-7(10)8-12-4-6-5(13-8)2-1-3-11-6/h1-4,7H. The van der Waals surface area contributed by atoms with Gasteiger partial charge in [0, 0.05) is 6.20 Å². The molecule has 66 valence electrons. The fraction of sp³-hybridized carbons (Fsp3) is 0.125. The molecule has 0 aliphatic heterocycles. The van der Waals surface area contributed by atoms with E-state index in [1.807, 2.05) is 0 Å². The van der Waals surface area contributed by atoms with Gasteiger partial charge in [-0.2, -0.15) is 0 Å². The van der Waals surface area contributed by atoms with Gasteiger partial charge >= 0.3 is 0 Å². The zero-order valence-electron chi connectivity index (χ0n) is 6.48. The highest BCUT2D eigenvalue weighted by Gasteiger charge is 2.10. The van der Waals surface area contributed by atoms with Crippen LogP contribution in [-0.4, -0.2) is 15.0 Å². The van der Waals surface area contributed by atoms with E-state index in [4.69, 9.17) is 0 Å². The monoisotopic (exact) mass is 181 g/mol. The molecule has 2 aromatic heterocycles. The van der Waals surface area contributed by atoms with Crippen molar-refractivity contribution in [2.75, 3.05) is 0 Å². The third-order valence-electron chi connectivity index (χ3n) is 1.57. The predicted molar refractivity (Wildman–Crippen MR) is 42.3 cm³/mol. The second-order valence-electron chi connectivity index (χ2n) is 2.44. The van der Waals surface area contributed by atoms with Gasteiger partial charge in [0.25, 0.3) is 6.43 Å². The van der Waals surface area contributed by atoms with Crippen LogP contribution >= 0.6 is 0 Å². The number of alkyl halides is 2. The lowest BCUT2D eigenvalue weighted by atomic mass is 10.3. The maximum absolute atomic E-state index is 12.1. The molecule has 0 atom stereocenters. The van der Waals surface area contributed by atoms with E-state index in [0.717, 1.165) is 0 Å². The maximum atomic E-state index is 12.1. The number of nitrogens with zero attached hydrogens (tertiary/aromatic N) is 3. The number of hydrogen-bond acceptors (Lipinski definition) is 3. The fourth-order valence-electron chi connectivity index (χ4n) is 0.988. The molecule has 0 amide bonds. The molecule has 0 fully saturated rings. The third-order valence-corrected chi connectivity index (χ3v) is 1.57. The van der Waals surface area contributed by atoms with Crippen molar-refractivity contribution in [1.82, 2.24) is 15.0 Å². The molecule has 0 radical (unpaired) electrons. The summed E-state index contributed by atoms with van der Waals surface area (Å²) in [6.45, 7) is 0. The Morgan fingerprint density at radius 1 is 1.15 bits per heavy atom.